The van der Waals surface area contributed by atoms with Gasteiger partial charge in [-0.3, -0.25) is 0 Å². The molecule has 0 amide bonds. The zero-order valence-electron chi connectivity index (χ0n) is 7.03. The van der Waals surface area contributed by atoms with Gasteiger partial charge in [-0.1, -0.05) is 0 Å². The highest BCUT2D eigenvalue weighted by atomic mass is 79.9. The monoisotopic (exact) mass is 209 g/mol. The van der Waals surface area contributed by atoms with Gasteiger partial charge in [0.1, 0.15) is 0 Å². The van der Waals surface area contributed by atoms with Gasteiger partial charge in [-0.25, -0.2) is 0 Å². The first-order valence-corrected chi connectivity index (χ1v) is 2.00. The van der Waals surface area contributed by atoms with E-state index in [1.807, 2.05) is 0 Å². The van der Waals surface area contributed by atoms with E-state index in [1.54, 1.807) is 0 Å². The minimum Gasteiger partial charge on any atom is -1.00 e. The summed E-state index contributed by atoms with van der Waals surface area (Å²) in [5.41, 5.74) is 0. The van der Waals surface area contributed by atoms with Crippen molar-refractivity contribution in [3.63, 3.8) is 0 Å². The van der Waals surface area contributed by atoms with Crippen LogP contribution in [0.4, 0.5) is 0 Å². The normalized spacial score (nSPS) is 1.60. The Hall–Kier alpha value is -0.600. The van der Waals surface area contributed by atoms with Crippen molar-refractivity contribution in [1.29, 1.82) is 0 Å². The highest BCUT2D eigenvalue weighted by Crippen LogP contribution is 0.868. The molecule has 0 aromatic rings. The Morgan fingerprint density at radius 3 is 0.400 bits per heavy atom. The molecule has 0 radical (unpaired) electrons. The fourth-order valence-electron chi connectivity index (χ4n) is 0. The van der Waals surface area contributed by atoms with Crippen molar-refractivity contribution in [2.24, 2.45) is 0 Å². The average molecular weight is 210 g/mol. The van der Waals surface area contributed by atoms with Crippen LogP contribution in [0.2, 0.25) is 0 Å². The Labute approximate surface area is 76.2 Å². The molecule has 0 aromatic carbocycles. The molecular formula is C8H20BrN. The number of hydrogen-bond acceptors (Lipinski definition) is 0. The smallest absolute Gasteiger partial charge is 0.106 e. The Morgan fingerprint density at radius 1 is 0.400 bits per heavy atom. The van der Waals surface area contributed by atoms with Crippen LogP contribution in [0.25, 0.3) is 0 Å². The lowest BCUT2D eigenvalue weighted by Gasteiger charge is -1.00. The molecule has 2 heteroatoms. The Morgan fingerprint density at radius 2 is 0.400 bits per heavy atom. The SMILES string of the molecule is C=C.C=C.C=C.C=C.[Br-].[NH4+]. The van der Waals surface area contributed by atoms with Crippen LogP contribution in [-0.4, -0.2) is 0 Å². The predicted octanol–water partition coefficient (Wildman–Crippen LogP) is 0.589. The van der Waals surface area contributed by atoms with E-state index in [-0.39, 0.29) is 23.1 Å². The predicted molar refractivity (Wildman–Crippen MR) is 51.0 cm³/mol. The van der Waals surface area contributed by atoms with E-state index in [0.717, 1.165) is 0 Å². The van der Waals surface area contributed by atoms with Gasteiger partial charge in [0.05, 0.1) is 0 Å². The molecule has 4 N–H and O–H groups in total. The van der Waals surface area contributed by atoms with E-state index in [0.29, 0.717) is 0 Å². The summed E-state index contributed by atoms with van der Waals surface area (Å²) in [5.74, 6) is 0. The zero-order valence-corrected chi connectivity index (χ0v) is 8.62. The molecule has 0 atom stereocenters. The molecule has 0 aliphatic rings. The van der Waals surface area contributed by atoms with Gasteiger partial charge in [0.2, 0.25) is 0 Å². The second-order valence-electron chi connectivity index (χ2n) is 0. The lowest BCUT2D eigenvalue weighted by Crippen LogP contribution is -3.00. The quantitative estimate of drug-likeness (QED) is 0.568. The van der Waals surface area contributed by atoms with Crippen molar-refractivity contribution >= 4 is 0 Å². The molecule has 0 saturated heterocycles. The highest BCUT2D eigenvalue weighted by Gasteiger charge is 0.607. The Kier molecular flexibility index (Phi) is 7330. The molecule has 0 bridgehead atoms. The van der Waals surface area contributed by atoms with Crippen LogP contribution < -0.4 is 23.1 Å². The topological polar surface area (TPSA) is 36.5 Å². The molecule has 0 unspecified atom stereocenters. The summed E-state index contributed by atoms with van der Waals surface area (Å²) in [6.45, 7) is 24.0. The van der Waals surface area contributed by atoms with E-state index in [1.165, 1.54) is 0 Å². The maximum absolute atomic E-state index is 3.00. The number of quaternary nitrogens is 1. The van der Waals surface area contributed by atoms with E-state index in [2.05, 4.69) is 52.6 Å². The van der Waals surface area contributed by atoms with Crippen LogP contribution in [0.1, 0.15) is 0 Å². The van der Waals surface area contributed by atoms with E-state index < -0.39 is 0 Å². The molecule has 0 rings (SSSR count). The van der Waals surface area contributed by atoms with E-state index in [4.69, 9.17) is 0 Å². The van der Waals surface area contributed by atoms with Crippen LogP contribution in [0, 0.1) is 0 Å². The molecule has 10 heavy (non-hydrogen) atoms. The third kappa shape index (κ3) is 842. The maximum Gasteiger partial charge on any atom is -0.106 e. The van der Waals surface area contributed by atoms with Gasteiger partial charge < -0.3 is 23.1 Å². The number of hydrogen-bond donors (Lipinski definition) is 1. The second kappa shape index (κ2) is 1280. The molecule has 0 aliphatic heterocycles. The van der Waals surface area contributed by atoms with Crippen molar-refractivity contribution in [1.82, 2.24) is 6.15 Å². The average Bonchev–Trinajstić information content (AvgIpc) is 2.03. The second-order valence-corrected chi connectivity index (χ2v) is 0. The summed E-state index contributed by atoms with van der Waals surface area (Å²) in [6.07, 6.45) is 0. The minimum atomic E-state index is 0. The summed E-state index contributed by atoms with van der Waals surface area (Å²) in [6, 6.07) is 0. The highest BCUT2D eigenvalue weighted by molar-refractivity contribution is 4.23. The van der Waals surface area contributed by atoms with Crippen molar-refractivity contribution in [3.05, 3.63) is 52.6 Å². The van der Waals surface area contributed by atoms with Crippen molar-refractivity contribution in [2.45, 2.75) is 0 Å². The summed E-state index contributed by atoms with van der Waals surface area (Å²) in [5, 5.41) is 0. The van der Waals surface area contributed by atoms with E-state index >= 15 is 0 Å². The standard InChI is InChI=1S/4C2H4.BrH.H3N/c4*1-2;;/h4*1-2H2;1H;1H3. The van der Waals surface area contributed by atoms with Crippen molar-refractivity contribution in [2.75, 3.05) is 0 Å². The Bertz CT molecular complexity index is 17.2. The zero-order chi connectivity index (χ0) is 8.00. The molecule has 0 heterocycles. The summed E-state index contributed by atoms with van der Waals surface area (Å²) < 4.78 is 0. The Balaban J connectivity index is -0.00000000500. The molecule has 64 valence electrons. The van der Waals surface area contributed by atoms with Gasteiger partial charge in [-0.2, -0.15) is 0 Å². The third-order valence-electron chi connectivity index (χ3n) is 0. The molecular weight excluding hydrogens is 190 g/mol. The fourth-order valence-corrected chi connectivity index (χ4v) is 0. The fraction of sp³-hybridized carbons (Fsp3) is 0. The largest absolute Gasteiger partial charge is 1.00 e. The molecule has 1 nitrogen and oxygen atoms in total. The van der Waals surface area contributed by atoms with Crippen LogP contribution in [0.5, 0.6) is 0 Å². The van der Waals surface area contributed by atoms with Crippen molar-refractivity contribution < 1.29 is 17.0 Å². The minimum absolute atomic E-state index is 0. The third-order valence-corrected chi connectivity index (χ3v) is 0. The number of halogens is 1. The van der Waals surface area contributed by atoms with Gasteiger partial charge in [0, 0.05) is 0 Å². The molecule has 0 aliphatic carbocycles. The van der Waals surface area contributed by atoms with Gasteiger partial charge in [0.25, 0.3) is 0 Å². The lowest BCUT2D eigenvalue weighted by molar-refractivity contribution is -0.00000236. The number of rotatable bonds is 0. The van der Waals surface area contributed by atoms with Crippen molar-refractivity contribution in [3.8, 4) is 0 Å². The lowest BCUT2D eigenvalue weighted by atomic mass is 11.3. The van der Waals surface area contributed by atoms with E-state index in [9.17, 15) is 0 Å². The first-order chi connectivity index (χ1) is 4.00. The van der Waals surface area contributed by atoms with Crippen LogP contribution in [0.3, 0.4) is 0 Å². The molecule has 0 spiro atoms. The van der Waals surface area contributed by atoms with Gasteiger partial charge in [-0.05, 0) is 0 Å². The van der Waals surface area contributed by atoms with Crippen LogP contribution >= 0.6 is 0 Å². The van der Waals surface area contributed by atoms with Crippen LogP contribution in [0.15, 0.2) is 52.6 Å². The summed E-state index contributed by atoms with van der Waals surface area (Å²) >= 11 is 0. The molecule has 0 aromatic heterocycles. The maximum atomic E-state index is 3.00. The van der Waals surface area contributed by atoms with Gasteiger partial charge in [-0.15, -0.1) is 52.6 Å². The van der Waals surface area contributed by atoms with Gasteiger partial charge >= 0.3 is 0 Å². The van der Waals surface area contributed by atoms with Gasteiger partial charge in [0.15, 0.2) is 0 Å². The molecule has 0 fully saturated rings. The first-order valence-electron chi connectivity index (χ1n) is 2.00. The summed E-state index contributed by atoms with van der Waals surface area (Å²) in [7, 11) is 0. The molecule has 0 saturated carbocycles. The van der Waals surface area contributed by atoms with Crippen LogP contribution in [-0.2, 0) is 0 Å². The summed E-state index contributed by atoms with van der Waals surface area (Å²) in [4.78, 5) is 0. The first kappa shape index (κ1) is 57.4.